The van der Waals surface area contributed by atoms with E-state index in [0.29, 0.717) is 13.0 Å². The van der Waals surface area contributed by atoms with E-state index < -0.39 is 5.97 Å². The molecule has 27 heavy (non-hydrogen) atoms. The standard InChI is InChI=1S/C22H23ClO4/c23-18-11-16-13-22(9-1-2-10-22)27-21(16)17(12-18)14-26-19-6-3-15(4-7-19)5-8-20(24)25/h3-4,6-7,11-12H,1-2,5,8-10,13-14H2,(H,24,25). The van der Waals surface area contributed by atoms with Gasteiger partial charge in [-0.3, -0.25) is 4.79 Å². The first-order chi connectivity index (χ1) is 13.0. The van der Waals surface area contributed by atoms with Gasteiger partial charge in [0.1, 0.15) is 23.7 Å². The lowest BCUT2D eigenvalue weighted by Gasteiger charge is -2.23. The quantitative estimate of drug-likeness (QED) is 0.742. The highest BCUT2D eigenvalue weighted by Gasteiger charge is 2.42. The summed E-state index contributed by atoms with van der Waals surface area (Å²) in [6, 6.07) is 11.5. The molecular formula is C22H23ClO4. The topological polar surface area (TPSA) is 55.8 Å². The van der Waals surface area contributed by atoms with E-state index in [0.717, 1.165) is 46.9 Å². The van der Waals surface area contributed by atoms with Crippen LogP contribution in [-0.4, -0.2) is 16.7 Å². The highest BCUT2D eigenvalue weighted by Crippen LogP contribution is 2.47. The number of rotatable bonds is 6. The molecule has 0 amide bonds. The SMILES string of the molecule is O=C(O)CCc1ccc(OCc2cc(Cl)cc3c2OC2(CCCC2)C3)cc1. The molecule has 1 aliphatic carbocycles. The van der Waals surface area contributed by atoms with Crippen LogP contribution in [0.15, 0.2) is 36.4 Å². The van der Waals surface area contributed by atoms with Crippen LogP contribution in [0, 0.1) is 0 Å². The van der Waals surface area contributed by atoms with Crippen LogP contribution in [0.4, 0.5) is 0 Å². The highest BCUT2D eigenvalue weighted by atomic mass is 35.5. The Labute approximate surface area is 164 Å². The number of ether oxygens (including phenoxy) is 2. The van der Waals surface area contributed by atoms with E-state index in [2.05, 4.69) is 0 Å². The molecule has 1 saturated carbocycles. The zero-order valence-electron chi connectivity index (χ0n) is 15.2. The Balaban J connectivity index is 1.44. The van der Waals surface area contributed by atoms with Crippen molar-refractivity contribution in [2.75, 3.05) is 0 Å². The number of aliphatic carboxylic acids is 1. The fraction of sp³-hybridized carbons (Fsp3) is 0.409. The third kappa shape index (κ3) is 4.06. The number of carboxylic acids is 1. The van der Waals surface area contributed by atoms with Crippen molar-refractivity contribution in [2.45, 2.75) is 57.2 Å². The third-order valence-electron chi connectivity index (χ3n) is 5.50. The maximum atomic E-state index is 10.7. The first-order valence-corrected chi connectivity index (χ1v) is 9.85. The molecule has 1 heterocycles. The summed E-state index contributed by atoms with van der Waals surface area (Å²) in [5.41, 5.74) is 3.12. The number of benzene rings is 2. The second kappa shape index (κ2) is 7.43. The third-order valence-corrected chi connectivity index (χ3v) is 5.72. The molecule has 2 aromatic carbocycles. The molecular weight excluding hydrogens is 364 g/mol. The molecule has 0 unspecified atom stereocenters. The van der Waals surface area contributed by atoms with Crippen molar-refractivity contribution < 1.29 is 19.4 Å². The highest BCUT2D eigenvalue weighted by molar-refractivity contribution is 6.30. The maximum Gasteiger partial charge on any atom is 0.303 e. The van der Waals surface area contributed by atoms with Gasteiger partial charge >= 0.3 is 5.97 Å². The minimum absolute atomic E-state index is 0.0342. The monoisotopic (exact) mass is 386 g/mol. The van der Waals surface area contributed by atoms with Crippen molar-refractivity contribution in [3.05, 3.63) is 58.1 Å². The van der Waals surface area contributed by atoms with Gasteiger partial charge in [-0.1, -0.05) is 23.7 Å². The van der Waals surface area contributed by atoms with Gasteiger partial charge in [-0.15, -0.1) is 0 Å². The molecule has 142 valence electrons. The summed E-state index contributed by atoms with van der Waals surface area (Å²) in [5, 5.41) is 9.49. The van der Waals surface area contributed by atoms with E-state index in [9.17, 15) is 4.79 Å². The van der Waals surface area contributed by atoms with Gasteiger partial charge in [0, 0.05) is 29.0 Å². The number of halogens is 1. The van der Waals surface area contributed by atoms with Crippen molar-refractivity contribution in [2.24, 2.45) is 0 Å². The number of aryl methyl sites for hydroxylation is 1. The van der Waals surface area contributed by atoms with E-state index in [4.69, 9.17) is 26.2 Å². The second-order valence-corrected chi connectivity index (χ2v) is 7.98. The lowest BCUT2D eigenvalue weighted by molar-refractivity contribution is -0.136. The van der Waals surface area contributed by atoms with E-state index in [-0.39, 0.29) is 12.0 Å². The summed E-state index contributed by atoms with van der Waals surface area (Å²) in [4.78, 5) is 10.7. The number of hydrogen-bond acceptors (Lipinski definition) is 3. The zero-order valence-corrected chi connectivity index (χ0v) is 15.9. The van der Waals surface area contributed by atoms with Gasteiger partial charge in [-0.25, -0.2) is 0 Å². The smallest absolute Gasteiger partial charge is 0.303 e. The summed E-state index contributed by atoms with van der Waals surface area (Å²) < 4.78 is 12.4. The molecule has 1 aliphatic heterocycles. The molecule has 0 aromatic heterocycles. The van der Waals surface area contributed by atoms with Gasteiger partial charge in [0.2, 0.25) is 0 Å². The molecule has 0 radical (unpaired) electrons. The van der Waals surface area contributed by atoms with Crippen LogP contribution in [-0.2, 0) is 24.2 Å². The Morgan fingerprint density at radius 1 is 1.19 bits per heavy atom. The van der Waals surface area contributed by atoms with Crippen LogP contribution >= 0.6 is 11.6 Å². The first-order valence-electron chi connectivity index (χ1n) is 9.47. The van der Waals surface area contributed by atoms with Crippen molar-refractivity contribution >= 4 is 17.6 Å². The molecule has 4 nitrogen and oxygen atoms in total. The number of fused-ring (bicyclic) bond motifs is 1. The normalized spacial score (nSPS) is 16.9. The lowest BCUT2D eigenvalue weighted by Crippen LogP contribution is -2.30. The van der Waals surface area contributed by atoms with Crippen LogP contribution in [0.1, 0.15) is 48.8 Å². The summed E-state index contributed by atoms with van der Waals surface area (Å²) >= 11 is 6.33. The van der Waals surface area contributed by atoms with E-state index >= 15 is 0 Å². The van der Waals surface area contributed by atoms with E-state index in [1.54, 1.807) is 0 Å². The Morgan fingerprint density at radius 3 is 2.63 bits per heavy atom. The van der Waals surface area contributed by atoms with E-state index in [1.165, 1.54) is 18.4 Å². The molecule has 0 atom stereocenters. The fourth-order valence-electron chi connectivity index (χ4n) is 4.14. The molecule has 0 bridgehead atoms. The summed E-state index contributed by atoms with van der Waals surface area (Å²) in [6.45, 7) is 0.396. The molecule has 4 rings (SSSR count). The Bertz CT molecular complexity index is 838. The summed E-state index contributed by atoms with van der Waals surface area (Å²) in [6.07, 6.45) is 6.26. The van der Waals surface area contributed by atoms with Gasteiger partial charge in [0.05, 0.1) is 0 Å². The van der Waals surface area contributed by atoms with Crippen molar-refractivity contribution in [3.8, 4) is 11.5 Å². The Kier molecular flexibility index (Phi) is 5.00. The summed E-state index contributed by atoms with van der Waals surface area (Å²) in [5.74, 6) is 0.904. The Morgan fingerprint density at radius 2 is 1.93 bits per heavy atom. The molecule has 1 N–H and O–H groups in total. The lowest BCUT2D eigenvalue weighted by atomic mass is 9.95. The average molecular weight is 387 g/mol. The molecule has 5 heteroatoms. The average Bonchev–Trinajstić information content (AvgIpc) is 3.25. The number of carboxylic acid groups (broad SMARTS) is 1. The molecule has 1 fully saturated rings. The molecule has 1 spiro atoms. The Hall–Kier alpha value is -2.20. The number of carbonyl (C=O) groups is 1. The van der Waals surface area contributed by atoms with Gasteiger partial charge in [-0.2, -0.15) is 0 Å². The van der Waals surface area contributed by atoms with Crippen LogP contribution < -0.4 is 9.47 Å². The number of hydrogen-bond donors (Lipinski definition) is 1. The predicted octanol–water partition coefficient (Wildman–Crippen LogP) is 5.18. The van der Waals surface area contributed by atoms with Gasteiger partial charge in [0.25, 0.3) is 0 Å². The largest absolute Gasteiger partial charge is 0.489 e. The minimum Gasteiger partial charge on any atom is -0.489 e. The van der Waals surface area contributed by atoms with Crippen molar-refractivity contribution in [1.82, 2.24) is 0 Å². The molecule has 2 aliphatic rings. The van der Waals surface area contributed by atoms with Crippen LogP contribution in [0.25, 0.3) is 0 Å². The van der Waals surface area contributed by atoms with E-state index in [1.807, 2.05) is 36.4 Å². The van der Waals surface area contributed by atoms with Crippen molar-refractivity contribution in [1.29, 1.82) is 0 Å². The second-order valence-electron chi connectivity index (χ2n) is 7.55. The van der Waals surface area contributed by atoms with Gasteiger partial charge in [-0.05, 0) is 61.9 Å². The maximum absolute atomic E-state index is 10.7. The molecule has 0 saturated heterocycles. The molecule has 2 aromatic rings. The summed E-state index contributed by atoms with van der Waals surface area (Å²) in [7, 11) is 0. The van der Waals surface area contributed by atoms with Crippen LogP contribution in [0.2, 0.25) is 5.02 Å². The van der Waals surface area contributed by atoms with Crippen LogP contribution in [0.3, 0.4) is 0 Å². The zero-order chi connectivity index (χ0) is 18.9. The van der Waals surface area contributed by atoms with Gasteiger partial charge < -0.3 is 14.6 Å². The van der Waals surface area contributed by atoms with Crippen molar-refractivity contribution in [3.63, 3.8) is 0 Å². The first kappa shape index (κ1) is 18.2. The predicted molar refractivity (Wildman–Crippen MR) is 104 cm³/mol. The van der Waals surface area contributed by atoms with Gasteiger partial charge in [0.15, 0.2) is 0 Å². The minimum atomic E-state index is -0.787. The van der Waals surface area contributed by atoms with Crippen LogP contribution in [0.5, 0.6) is 11.5 Å². The fourth-order valence-corrected chi connectivity index (χ4v) is 4.41.